The van der Waals surface area contributed by atoms with Gasteiger partial charge >= 0.3 is 5.69 Å². The second-order valence-corrected chi connectivity index (χ2v) is 12.8. The van der Waals surface area contributed by atoms with Crippen molar-refractivity contribution in [2.24, 2.45) is 0 Å². The van der Waals surface area contributed by atoms with Crippen molar-refractivity contribution < 1.29 is 9.18 Å². The quantitative estimate of drug-likeness (QED) is 0.293. The molecule has 0 unspecified atom stereocenters. The van der Waals surface area contributed by atoms with Gasteiger partial charge in [-0.1, -0.05) is 43.0 Å². The first kappa shape index (κ1) is 29.2. The van der Waals surface area contributed by atoms with Crippen LogP contribution in [0.2, 0.25) is 0 Å². The molecule has 45 heavy (non-hydrogen) atoms. The highest BCUT2D eigenvalue weighted by atomic mass is 19.1. The van der Waals surface area contributed by atoms with Crippen molar-refractivity contribution in [1.29, 1.82) is 0 Å². The summed E-state index contributed by atoms with van der Waals surface area (Å²) in [6.45, 7) is 6.71. The number of allylic oxidation sites excluding steroid dienone is 1. The molecule has 2 aromatic heterocycles. The topological polar surface area (TPSA) is 83.7 Å². The van der Waals surface area contributed by atoms with Crippen LogP contribution in [0, 0.1) is 5.82 Å². The van der Waals surface area contributed by atoms with Gasteiger partial charge in [0, 0.05) is 38.4 Å². The van der Waals surface area contributed by atoms with Gasteiger partial charge in [0.05, 0.1) is 17.3 Å². The van der Waals surface area contributed by atoms with Gasteiger partial charge in [0.1, 0.15) is 11.4 Å². The summed E-state index contributed by atoms with van der Waals surface area (Å²) in [6, 6.07) is 16.6. The summed E-state index contributed by atoms with van der Waals surface area (Å²) >= 11 is 0. The van der Waals surface area contributed by atoms with Crippen LogP contribution in [-0.4, -0.2) is 60.6 Å². The van der Waals surface area contributed by atoms with Crippen LogP contribution in [-0.2, 0) is 11.3 Å². The Morgan fingerprint density at radius 2 is 1.69 bits per heavy atom. The molecular formula is C35H37FN6O3. The number of carbonyl (C=O) groups excluding carboxylic acids is 1. The lowest BCUT2D eigenvalue weighted by molar-refractivity contribution is -0.207. The molecule has 232 valence electrons. The van der Waals surface area contributed by atoms with Gasteiger partial charge in [0.15, 0.2) is 5.65 Å². The van der Waals surface area contributed by atoms with Crippen LogP contribution in [0.15, 0.2) is 82.7 Å². The number of amides is 1. The minimum absolute atomic E-state index is 0.0479. The van der Waals surface area contributed by atoms with Crippen LogP contribution in [0.3, 0.4) is 0 Å². The SMILES string of the molecule is C=C(C)N(C)Cc1ccc(-c2cccc(-n3c(=O)n([C@H]4CC[C@@H](N5C(=O)C6(CC6)N5C)CC4)c(=O)c4cc(F)cnc43)c2)cc1. The fourth-order valence-electron chi connectivity index (χ4n) is 7.05. The molecule has 7 rings (SSSR count). The summed E-state index contributed by atoms with van der Waals surface area (Å²) in [5.74, 6) is -0.450. The van der Waals surface area contributed by atoms with Gasteiger partial charge in [-0.15, -0.1) is 0 Å². The number of nitrogens with zero attached hydrogens (tertiary/aromatic N) is 6. The van der Waals surface area contributed by atoms with Crippen molar-refractivity contribution >= 4 is 16.9 Å². The standard InChI is InChI=1S/C35H37FN6O3/c1-22(2)38(3)21-23-8-10-24(11-9-23)25-6-5-7-29(18-25)40-31-30(19-26(36)20-37-31)32(43)41(34(40)45)27-12-14-28(15-13-27)42-33(44)35(16-17-35)39(42)4/h5-11,18-20,27-28H,1,12-17,21H2,2-4H3/t27-,28+. The van der Waals surface area contributed by atoms with E-state index in [1.54, 1.807) is 6.07 Å². The number of rotatable bonds is 7. The summed E-state index contributed by atoms with van der Waals surface area (Å²) in [7, 11) is 3.97. The molecule has 1 saturated heterocycles. The monoisotopic (exact) mass is 608 g/mol. The molecule has 2 aromatic carbocycles. The largest absolute Gasteiger partial charge is 0.374 e. The Bertz CT molecular complexity index is 1950. The molecule has 9 nitrogen and oxygen atoms in total. The zero-order chi connectivity index (χ0) is 31.6. The van der Waals surface area contributed by atoms with Crippen LogP contribution in [0.1, 0.15) is 57.1 Å². The maximum atomic E-state index is 14.4. The second kappa shape index (κ2) is 10.8. The average molecular weight is 609 g/mol. The van der Waals surface area contributed by atoms with Crippen LogP contribution < -0.4 is 11.2 Å². The van der Waals surface area contributed by atoms with Gasteiger partial charge in [-0.2, -0.15) is 0 Å². The van der Waals surface area contributed by atoms with Crippen LogP contribution in [0.25, 0.3) is 27.8 Å². The Labute approximate surface area is 260 Å². The number of benzene rings is 2. The fraction of sp³-hybridized carbons (Fsp3) is 0.371. The molecule has 3 fully saturated rings. The number of pyridine rings is 1. The Morgan fingerprint density at radius 1 is 1.00 bits per heavy atom. The Morgan fingerprint density at radius 3 is 2.33 bits per heavy atom. The van der Waals surface area contributed by atoms with Gasteiger partial charge in [0.25, 0.3) is 11.5 Å². The van der Waals surface area contributed by atoms with E-state index < -0.39 is 17.1 Å². The van der Waals surface area contributed by atoms with E-state index in [0.717, 1.165) is 54.0 Å². The highest BCUT2D eigenvalue weighted by molar-refractivity contribution is 5.94. The zero-order valence-corrected chi connectivity index (χ0v) is 25.9. The van der Waals surface area contributed by atoms with Crippen molar-refractivity contribution in [3.8, 4) is 16.8 Å². The van der Waals surface area contributed by atoms with Crippen molar-refractivity contribution in [2.45, 2.75) is 69.6 Å². The maximum absolute atomic E-state index is 14.4. The predicted octanol–water partition coefficient (Wildman–Crippen LogP) is 5.02. The minimum Gasteiger partial charge on any atom is -0.374 e. The summed E-state index contributed by atoms with van der Waals surface area (Å²) in [4.78, 5) is 47.1. The Hall–Kier alpha value is -4.57. The number of fused-ring (bicyclic) bond motifs is 1. The summed E-state index contributed by atoms with van der Waals surface area (Å²) in [5, 5.41) is 3.99. The van der Waals surface area contributed by atoms with Crippen molar-refractivity contribution in [3.05, 3.63) is 105 Å². The molecule has 1 amide bonds. The molecule has 3 heterocycles. The van der Waals surface area contributed by atoms with Crippen LogP contribution in [0.4, 0.5) is 4.39 Å². The average Bonchev–Trinajstić information content (AvgIpc) is 3.87. The number of hydrogen-bond donors (Lipinski definition) is 0. The van der Waals surface area contributed by atoms with E-state index in [-0.39, 0.29) is 34.6 Å². The minimum atomic E-state index is -0.639. The number of likely N-dealkylation sites (N-methyl/N-ethyl adjacent to an activating group) is 1. The second-order valence-electron chi connectivity index (χ2n) is 12.8. The molecule has 1 aliphatic heterocycles. The van der Waals surface area contributed by atoms with Crippen molar-refractivity contribution in [2.75, 3.05) is 14.1 Å². The molecule has 3 aliphatic rings. The third-order valence-corrected chi connectivity index (χ3v) is 10.0. The summed E-state index contributed by atoms with van der Waals surface area (Å²) in [6.07, 6.45) is 5.32. The Kier molecular flexibility index (Phi) is 7.00. The van der Waals surface area contributed by atoms with Crippen molar-refractivity contribution in [1.82, 2.24) is 29.0 Å². The van der Waals surface area contributed by atoms with E-state index in [4.69, 9.17) is 0 Å². The first-order valence-corrected chi connectivity index (χ1v) is 15.6. The van der Waals surface area contributed by atoms with E-state index in [1.807, 2.05) is 56.4 Å². The maximum Gasteiger partial charge on any atom is 0.337 e. The normalized spacial score (nSPS) is 20.8. The lowest BCUT2D eigenvalue weighted by atomic mass is 9.89. The number of aromatic nitrogens is 3. The Balaban J connectivity index is 1.23. The highest BCUT2D eigenvalue weighted by Gasteiger charge is 2.66. The number of hydrogen-bond acceptors (Lipinski definition) is 6. The molecule has 10 heteroatoms. The van der Waals surface area contributed by atoms with Gasteiger partial charge in [-0.3, -0.25) is 19.2 Å². The molecule has 1 spiro atoms. The molecule has 2 saturated carbocycles. The smallest absolute Gasteiger partial charge is 0.337 e. The van der Waals surface area contributed by atoms with Crippen molar-refractivity contribution in [3.63, 3.8) is 0 Å². The van der Waals surface area contributed by atoms with Gasteiger partial charge in [-0.25, -0.2) is 23.7 Å². The lowest BCUT2D eigenvalue weighted by Gasteiger charge is -2.53. The molecular weight excluding hydrogens is 571 g/mol. The first-order valence-electron chi connectivity index (χ1n) is 15.6. The van der Waals surface area contributed by atoms with E-state index in [9.17, 15) is 18.8 Å². The van der Waals surface area contributed by atoms with Crippen LogP contribution >= 0.6 is 0 Å². The molecule has 0 radical (unpaired) electrons. The van der Waals surface area contributed by atoms with E-state index >= 15 is 0 Å². The summed E-state index contributed by atoms with van der Waals surface area (Å²) in [5.41, 5.74) is 3.33. The molecule has 0 atom stereocenters. The molecule has 2 aliphatic carbocycles. The van der Waals surface area contributed by atoms with E-state index in [1.165, 1.54) is 9.13 Å². The van der Waals surface area contributed by atoms with E-state index in [2.05, 4.69) is 33.6 Å². The van der Waals surface area contributed by atoms with E-state index in [0.29, 0.717) is 31.4 Å². The fourth-order valence-corrected chi connectivity index (χ4v) is 7.05. The zero-order valence-electron chi connectivity index (χ0n) is 25.9. The number of carbonyl (C=O) groups is 1. The molecule has 0 bridgehead atoms. The van der Waals surface area contributed by atoms with Crippen LogP contribution in [0.5, 0.6) is 0 Å². The lowest BCUT2D eigenvalue weighted by Crippen LogP contribution is -2.72. The number of halogens is 1. The summed E-state index contributed by atoms with van der Waals surface area (Å²) < 4.78 is 17.1. The van der Waals surface area contributed by atoms with Gasteiger partial charge in [-0.05, 0) is 80.3 Å². The number of hydrazine groups is 1. The highest BCUT2D eigenvalue weighted by Crippen LogP contribution is 2.52. The van der Waals surface area contributed by atoms with Gasteiger partial charge in [0.2, 0.25) is 0 Å². The van der Waals surface area contributed by atoms with Gasteiger partial charge < -0.3 is 4.90 Å². The third kappa shape index (κ3) is 4.79. The molecule has 4 aromatic rings. The third-order valence-electron chi connectivity index (χ3n) is 10.0. The molecule has 0 N–H and O–H groups in total. The first-order chi connectivity index (χ1) is 21.6. The predicted molar refractivity (Wildman–Crippen MR) is 171 cm³/mol.